The second-order valence-electron chi connectivity index (χ2n) is 5.23. The van der Waals surface area contributed by atoms with Gasteiger partial charge in [-0.15, -0.1) is 0 Å². The molecule has 1 unspecified atom stereocenters. The standard InChI is InChI=1S/C16H27N/c1-7-10-14(9-3)15(11-8-2)13(4)12-16(5,6)17/h7-8,10-11,13H,1-2,9,12,17H2,3-6H3/b14-10-,15-11-. The minimum Gasteiger partial charge on any atom is -0.326 e. The van der Waals surface area contributed by atoms with Crippen molar-refractivity contribution in [3.8, 4) is 0 Å². The maximum atomic E-state index is 6.09. The molecule has 0 spiro atoms. The highest BCUT2D eigenvalue weighted by atomic mass is 14.7. The van der Waals surface area contributed by atoms with Gasteiger partial charge in [0.25, 0.3) is 0 Å². The second kappa shape index (κ2) is 7.29. The highest BCUT2D eigenvalue weighted by molar-refractivity contribution is 5.37. The molecule has 0 fully saturated rings. The van der Waals surface area contributed by atoms with Crippen LogP contribution in [0.1, 0.15) is 40.5 Å². The molecule has 0 saturated heterocycles. The van der Waals surface area contributed by atoms with Crippen LogP contribution in [0.2, 0.25) is 0 Å². The number of rotatable bonds is 7. The van der Waals surface area contributed by atoms with Crippen molar-refractivity contribution in [1.29, 1.82) is 0 Å². The van der Waals surface area contributed by atoms with Gasteiger partial charge < -0.3 is 5.73 Å². The molecule has 0 radical (unpaired) electrons. The fraction of sp³-hybridized carbons (Fsp3) is 0.500. The molecule has 0 aliphatic carbocycles. The maximum absolute atomic E-state index is 6.09. The summed E-state index contributed by atoms with van der Waals surface area (Å²) in [6.45, 7) is 16.1. The fourth-order valence-corrected chi connectivity index (χ4v) is 2.17. The van der Waals surface area contributed by atoms with E-state index in [0.29, 0.717) is 5.92 Å². The molecule has 0 amide bonds. The molecule has 0 heterocycles. The Kier molecular flexibility index (Phi) is 6.82. The molecule has 17 heavy (non-hydrogen) atoms. The van der Waals surface area contributed by atoms with Gasteiger partial charge in [-0.1, -0.05) is 51.3 Å². The monoisotopic (exact) mass is 233 g/mol. The number of hydrogen-bond donors (Lipinski definition) is 1. The van der Waals surface area contributed by atoms with Gasteiger partial charge in [0.15, 0.2) is 0 Å². The first kappa shape index (κ1) is 15.9. The SMILES string of the molecule is C=C/C=C(CC)\C(=C/C=C)C(C)CC(C)(C)N. The Morgan fingerprint density at radius 3 is 2.12 bits per heavy atom. The van der Waals surface area contributed by atoms with E-state index in [9.17, 15) is 0 Å². The highest BCUT2D eigenvalue weighted by Crippen LogP contribution is 2.28. The summed E-state index contributed by atoms with van der Waals surface area (Å²) in [5.74, 6) is 0.430. The van der Waals surface area contributed by atoms with E-state index in [0.717, 1.165) is 12.8 Å². The first-order chi connectivity index (χ1) is 7.85. The van der Waals surface area contributed by atoms with E-state index in [1.807, 2.05) is 12.2 Å². The average molecular weight is 233 g/mol. The van der Waals surface area contributed by atoms with Crippen LogP contribution < -0.4 is 5.73 Å². The minimum absolute atomic E-state index is 0.146. The highest BCUT2D eigenvalue weighted by Gasteiger charge is 2.19. The molecule has 0 saturated carbocycles. The summed E-state index contributed by atoms with van der Waals surface area (Å²) in [4.78, 5) is 0. The third kappa shape index (κ3) is 6.28. The van der Waals surface area contributed by atoms with Crippen LogP contribution in [-0.4, -0.2) is 5.54 Å². The lowest BCUT2D eigenvalue weighted by Gasteiger charge is -2.26. The van der Waals surface area contributed by atoms with E-state index in [1.54, 1.807) is 0 Å². The van der Waals surface area contributed by atoms with Gasteiger partial charge in [-0.25, -0.2) is 0 Å². The average Bonchev–Trinajstić information content (AvgIpc) is 2.20. The molecule has 0 bridgehead atoms. The molecular weight excluding hydrogens is 206 g/mol. The lowest BCUT2D eigenvalue weighted by Crippen LogP contribution is -2.34. The second-order valence-corrected chi connectivity index (χ2v) is 5.23. The van der Waals surface area contributed by atoms with E-state index < -0.39 is 0 Å². The molecule has 1 atom stereocenters. The van der Waals surface area contributed by atoms with Gasteiger partial charge in [-0.3, -0.25) is 0 Å². The minimum atomic E-state index is -0.146. The molecule has 1 heteroatoms. The summed E-state index contributed by atoms with van der Waals surface area (Å²) < 4.78 is 0. The van der Waals surface area contributed by atoms with Crippen molar-refractivity contribution in [2.75, 3.05) is 0 Å². The van der Waals surface area contributed by atoms with Crippen molar-refractivity contribution in [2.24, 2.45) is 11.7 Å². The van der Waals surface area contributed by atoms with Crippen LogP contribution in [-0.2, 0) is 0 Å². The summed E-state index contributed by atoms with van der Waals surface area (Å²) in [5.41, 5.74) is 8.58. The van der Waals surface area contributed by atoms with Crippen molar-refractivity contribution in [3.05, 3.63) is 48.6 Å². The van der Waals surface area contributed by atoms with Crippen LogP contribution in [0.4, 0.5) is 0 Å². The molecule has 0 aromatic carbocycles. The van der Waals surface area contributed by atoms with Crippen molar-refractivity contribution in [3.63, 3.8) is 0 Å². The molecule has 0 aromatic rings. The normalized spacial score (nSPS) is 15.6. The van der Waals surface area contributed by atoms with E-state index in [2.05, 4.69) is 53.0 Å². The summed E-state index contributed by atoms with van der Waals surface area (Å²) in [7, 11) is 0. The largest absolute Gasteiger partial charge is 0.326 e. The summed E-state index contributed by atoms with van der Waals surface area (Å²) >= 11 is 0. The summed E-state index contributed by atoms with van der Waals surface area (Å²) in [6.07, 6.45) is 9.82. The lowest BCUT2D eigenvalue weighted by atomic mass is 9.83. The third-order valence-electron chi connectivity index (χ3n) is 2.73. The van der Waals surface area contributed by atoms with Crippen LogP contribution >= 0.6 is 0 Å². The summed E-state index contributed by atoms with van der Waals surface area (Å²) in [6, 6.07) is 0. The molecular formula is C16H27N. The molecule has 0 aromatic heterocycles. The Morgan fingerprint density at radius 2 is 1.76 bits per heavy atom. The number of allylic oxidation sites excluding steroid dienone is 6. The molecule has 1 nitrogen and oxygen atoms in total. The van der Waals surface area contributed by atoms with Gasteiger partial charge in [0, 0.05) is 5.54 Å². The predicted molar refractivity (Wildman–Crippen MR) is 78.9 cm³/mol. The topological polar surface area (TPSA) is 26.0 Å². The molecule has 0 rings (SSSR count). The van der Waals surface area contributed by atoms with Gasteiger partial charge in [0.05, 0.1) is 0 Å². The zero-order valence-corrected chi connectivity index (χ0v) is 11.8. The van der Waals surface area contributed by atoms with E-state index >= 15 is 0 Å². The van der Waals surface area contributed by atoms with Gasteiger partial charge in [0.1, 0.15) is 0 Å². The Morgan fingerprint density at radius 1 is 1.24 bits per heavy atom. The van der Waals surface area contributed by atoms with Crippen molar-refractivity contribution >= 4 is 0 Å². The van der Waals surface area contributed by atoms with Gasteiger partial charge in [0.2, 0.25) is 0 Å². The molecule has 2 N–H and O–H groups in total. The third-order valence-corrected chi connectivity index (χ3v) is 2.73. The zero-order chi connectivity index (χ0) is 13.5. The number of hydrogen-bond acceptors (Lipinski definition) is 1. The van der Waals surface area contributed by atoms with Gasteiger partial charge in [-0.2, -0.15) is 0 Å². The first-order valence-electron chi connectivity index (χ1n) is 6.29. The maximum Gasteiger partial charge on any atom is 0.0103 e. The lowest BCUT2D eigenvalue weighted by molar-refractivity contribution is 0.413. The Hall–Kier alpha value is -1.08. The van der Waals surface area contributed by atoms with E-state index in [4.69, 9.17) is 5.73 Å². The smallest absolute Gasteiger partial charge is 0.0103 e. The number of nitrogens with two attached hydrogens (primary N) is 1. The van der Waals surface area contributed by atoms with E-state index in [-0.39, 0.29) is 5.54 Å². The van der Waals surface area contributed by atoms with Crippen LogP contribution in [0.15, 0.2) is 48.6 Å². The van der Waals surface area contributed by atoms with Crippen molar-refractivity contribution in [1.82, 2.24) is 0 Å². The molecule has 0 aliphatic heterocycles. The first-order valence-corrected chi connectivity index (χ1v) is 6.29. The van der Waals surface area contributed by atoms with Crippen LogP contribution in [0.25, 0.3) is 0 Å². The van der Waals surface area contributed by atoms with Gasteiger partial charge >= 0.3 is 0 Å². The molecule has 0 aliphatic rings. The van der Waals surface area contributed by atoms with Crippen molar-refractivity contribution < 1.29 is 0 Å². The fourth-order valence-electron chi connectivity index (χ4n) is 2.17. The predicted octanol–water partition coefficient (Wildman–Crippen LogP) is 4.38. The Balaban J connectivity index is 5.11. The quantitative estimate of drug-likeness (QED) is 0.649. The Bertz CT molecular complexity index is 313. The Labute approximate surface area is 107 Å². The van der Waals surface area contributed by atoms with Crippen molar-refractivity contribution in [2.45, 2.75) is 46.1 Å². The van der Waals surface area contributed by atoms with Crippen LogP contribution in [0.3, 0.4) is 0 Å². The van der Waals surface area contributed by atoms with Crippen LogP contribution in [0.5, 0.6) is 0 Å². The van der Waals surface area contributed by atoms with Crippen LogP contribution in [0, 0.1) is 5.92 Å². The van der Waals surface area contributed by atoms with Gasteiger partial charge in [-0.05, 0) is 43.8 Å². The zero-order valence-electron chi connectivity index (χ0n) is 11.8. The summed E-state index contributed by atoms with van der Waals surface area (Å²) in [5, 5.41) is 0. The van der Waals surface area contributed by atoms with E-state index in [1.165, 1.54) is 11.1 Å². The molecule has 96 valence electrons.